The summed E-state index contributed by atoms with van der Waals surface area (Å²) in [7, 11) is 0. The van der Waals surface area contributed by atoms with Gasteiger partial charge in [-0.15, -0.1) is 0 Å². The first kappa shape index (κ1) is 12.0. The Morgan fingerprint density at radius 3 is 2.59 bits per heavy atom. The quantitative estimate of drug-likeness (QED) is 0.810. The standard InChI is InChI=1S/C13H15ClN2O/c14-11-8-6-10(7-9-11)13(17)16-15-12-4-2-1-3-5-12/h4,6-9,15H,1-3,5H2,(H,16,17). The van der Waals surface area contributed by atoms with Crippen LogP contribution in [-0.4, -0.2) is 5.91 Å². The lowest BCUT2D eigenvalue weighted by atomic mass is 10.1. The van der Waals surface area contributed by atoms with E-state index in [1.165, 1.54) is 12.8 Å². The van der Waals surface area contributed by atoms with Crippen molar-refractivity contribution in [3.63, 3.8) is 0 Å². The lowest BCUT2D eigenvalue weighted by molar-refractivity contribution is 0.0938. The molecule has 90 valence electrons. The fourth-order valence-electron chi connectivity index (χ4n) is 1.76. The van der Waals surface area contributed by atoms with E-state index in [0.29, 0.717) is 10.6 Å². The van der Waals surface area contributed by atoms with Crippen molar-refractivity contribution in [2.45, 2.75) is 25.7 Å². The molecule has 0 heterocycles. The minimum Gasteiger partial charge on any atom is -0.303 e. The third kappa shape index (κ3) is 3.49. The molecule has 2 rings (SSSR count). The van der Waals surface area contributed by atoms with Crippen LogP contribution in [0.3, 0.4) is 0 Å². The number of amides is 1. The van der Waals surface area contributed by atoms with Crippen LogP contribution in [0.5, 0.6) is 0 Å². The summed E-state index contributed by atoms with van der Waals surface area (Å²) in [4.78, 5) is 11.8. The molecular formula is C13H15ClN2O. The molecule has 3 nitrogen and oxygen atoms in total. The molecule has 2 N–H and O–H groups in total. The van der Waals surface area contributed by atoms with E-state index < -0.39 is 0 Å². The minimum absolute atomic E-state index is 0.145. The van der Waals surface area contributed by atoms with Gasteiger partial charge in [-0.25, -0.2) is 0 Å². The van der Waals surface area contributed by atoms with E-state index in [4.69, 9.17) is 11.6 Å². The van der Waals surface area contributed by atoms with Crippen LogP contribution in [0, 0.1) is 0 Å². The van der Waals surface area contributed by atoms with Crippen LogP contribution >= 0.6 is 11.6 Å². The smallest absolute Gasteiger partial charge is 0.269 e. The number of benzene rings is 1. The first-order chi connectivity index (χ1) is 8.25. The zero-order valence-electron chi connectivity index (χ0n) is 9.50. The Bertz CT molecular complexity index is 426. The van der Waals surface area contributed by atoms with Gasteiger partial charge in [0.1, 0.15) is 0 Å². The molecule has 0 bridgehead atoms. The molecule has 0 aliphatic heterocycles. The van der Waals surface area contributed by atoms with Crippen LogP contribution in [0.15, 0.2) is 36.0 Å². The van der Waals surface area contributed by atoms with E-state index in [9.17, 15) is 4.79 Å². The maximum absolute atomic E-state index is 11.8. The number of nitrogens with one attached hydrogen (secondary N) is 2. The molecule has 1 amide bonds. The van der Waals surface area contributed by atoms with Crippen molar-refractivity contribution in [1.29, 1.82) is 0 Å². The molecule has 1 aromatic carbocycles. The van der Waals surface area contributed by atoms with E-state index in [-0.39, 0.29) is 5.91 Å². The summed E-state index contributed by atoms with van der Waals surface area (Å²) < 4.78 is 0. The van der Waals surface area contributed by atoms with Crippen LogP contribution in [0.25, 0.3) is 0 Å². The summed E-state index contributed by atoms with van der Waals surface area (Å²) in [6, 6.07) is 6.82. The van der Waals surface area contributed by atoms with Gasteiger partial charge in [0.2, 0.25) is 0 Å². The summed E-state index contributed by atoms with van der Waals surface area (Å²) in [6.45, 7) is 0. The third-order valence-electron chi connectivity index (χ3n) is 2.73. The highest BCUT2D eigenvalue weighted by Gasteiger charge is 2.07. The Morgan fingerprint density at radius 2 is 1.94 bits per heavy atom. The topological polar surface area (TPSA) is 41.1 Å². The van der Waals surface area contributed by atoms with Crippen LogP contribution in [0.1, 0.15) is 36.0 Å². The predicted octanol–water partition coefficient (Wildman–Crippen LogP) is 3.03. The second-order valence-electron chi connectivity index (χ2n) is 4.06. The third-order valence-corrected chi connectivity index (χ3v) is 2.99. The monoisotopic (exact) mass is 250 g/mol. The minimum atomic E-state index is -0.145. The van der Waals surface area contributed by atoms with Gasteiger partial charge in [-0.2, -0.15) is 0 Å². The van der Waals surface area contributed by atoms with Crippen LogP contribution in [-0.2, 0) is 0 Å². The molecule has 0 aromatic heterocycles. The van der Waals surface area contributed by atoms with Gasteiger partial charge < -0.3 is 5.43 Å². The number of allylic oxidation sites excluding steroid dienone is 2. The van der Waals surface area contributed by atoms with Gasteiger partial charge in [-0.1, -0.05) is 17.7 Å². The van der Waals surface area contributed by atoms with Gasteiger partial charge in [-0.05, 0) is 49.9 Å². The van der Waals surface area contributed by atoms with Crippen LogP contribution < -0.4 is 10.9 Å². The number of halogens is 1. The number of hydrogen-bond acceptors (Lipinski definition) is 2. The molecule has 0 atom stereocenters. The van der Waals surface area contributed by atoms with E-state index in [2.05, 4.69) is 16.9 Å². The SMILES string of the molecule is O=C(NNC1=CCCCC1)c1ccc(Cl)cc1. The van der Waals surface area contributed by atoms with Crippen LogP contribution in [0.2, 0.25) is 5.02 Å². The van der Waals surface area contributed by atoms with Crippen molar-refractivity contribution in [3.05, 3.63) is 46.6 Å². The van der Waals surface area contributed by atoms with Crippen LogP contribution in [0.4, 0.5) is 0 Å². The van der Waals surface area contributed by atoms with E-state index in [1.54, 1.807) is 24.3 Å². The molecule has 0 spiro atoms. The molecule has 1 aliphatic rings. The van der Waals surface area contributed by atoms with Gasteiger partial charge in [0, 0.05) is 16.3 Å². The number of carbonyl (C=O) groups is 1. The molecule has 0 saturated carbocycles. The molecule has 0 radical (unpaired) electrons. The lowest BCUT2D eigenvalue weighted by Gasteiger charge is -2.15. The molecular weight excluding hydrogens is 236 g/mol. The number of carbonyl (C=O) groups excluding carboxylic acids is 1. The highest BCUT2D eigenvalue weighted by molar-refractivity contribution is 6.30. The average Bonchev–Trinajstić information content (AvgIpc) is 2.38. The van der Waals surface area contributed by atoms with Gasteiger partial charge in [0.25, 0.3) is 5.91 Å². The Balaban J connectivity index is 1.88. The number of hydrazine groups is 1. The number of rotatable bonds is 3. The van der Waals surface area contributed by atoms with Gasteiger partial charge >= 0.3 is 0 Å². The zero-order valence-corrected chi connectivity index (χ0v) is 10.3. The summed E-state index contributed by atoms with van der Waals surface area (Å²) in [5.41, 5.74) is 7.34. The van der Waals surface area contributed by atoms with Gasteiger partial charge in [0.15, 0.2) is 0 Å². The molecule has 0 fully saturated rings. The second-order valence-corrected chi connectivity index (χ2v) is 4.50. The van der Waals surface area contributed by atoms with Crippen molar-refractivity contribution in [1.82, 2.24) is 10.9 Å². The highest BCUT2D eigenvalue weighted by Crippen LogP contribution is 2.14. The lowest BCUT2D eigenvalue weighted by Crippen LogP contribution is -2.37. The summed E-state index contributed by atoms with van der Waals surface area (Å²) in [5.74, 6) is -0.145. The predicted molar refractivity (Wildman–Crippen MR) is 68.6 cm³/mol. The second kappa shape index (κ2) is 5.73. The van der Waals surface area contributed by atoms with Crippen molar-refractivity contribution < 1.29 is 4.79 Å². The normalized spacial score (nSPS) is 15.0. The van der Waals surface area contributed by atoms with Gasteiger partial charge in [-0.3, -0.25) is 10.2 Å². The first-order valence-electron chi connectivity index (χ1n) is 5.76. The molecule has 0 unspecified atom stereocenters. The Labute approximate surface area is 106 Å². The van der Waals surface area contributed by atoms with E-state index >= 15 is 0 Å². The zero-order chi connectivity index (χ0) is 12.1. The maximum atomic E-state index is 11.8. The molecule has 1 aliphatic carbocycles. The number of hydrogen-bond donors (Lipinski definition) is 2. The average molecular weight is 251 g/mol. The fourth-order valence-corrected chi connectivity index (χ4v) is 1.89. The fraction of sp³-hybridized carbons (Fsp3) is 0.308. The highest BCUT2D eigenvalue weighted by atomic mass is 35.5. The molecule has 4 heteroatoms. The van der Waals surface area contributed by atoms with E-state index in [1.807, 2.05) is 0 Å². The summed E-state index contributed by atoms with van der Waals surface area (Å²) in [6.07, 6.45) is 6.62. The van der Waals surface area contributed by atoms with E-state index in [0.717, 1.165) is 18.5 Å². The Morgan fingerprint density at radius 1 is 1.18 bits per heavy atom. The van der Waals surface area contributed by atoms with Gasteiger partial charge in [0.05, 0.1) is 0 Å². The van der Waals surface area contributed by atoms with Crippen molar-refractivity contribution in [2.24, 2.45) is 0 Å². The molecule has 0 saturated heterocycles. The molecule has 1 aromatic rings. The molecule has 17 heavy (non-hydrogen) atoms. The largest absolute Gasteiger partial charge is 0.303 e. The van der Waals surface area contributed by atoms with Crippen molar-refractivity contribution in [3.8, 4) is 0 Å². The summed E-state index contributed by atoms with van der Waals surface area (Å²) in [5, 5.41) is 0.629. The summed E-state index contributed by atoms with van der Waals surface area (Å²) >= 11 is 5.76. The van der Waals surface area contributed by atoms with Crippen molar-refractivity contribution in [2.75, 3.05) is 0 Å². The first-order valence-corrected chi connectivity index (χ1v) is 6.14. The Kier molecular flexibility index (Phi) is 4.04. The Hall–Kier alpha value is -1.48. The van der Waals surface area contributed by atoms with Crippen molar-refractivity contribution >= 4 is 17.5 Å². The maximum Gasteiger partial charge on any atom is 0.269 e.